The van der Waals surface area contributed by atoms with Crippen molar-refractivity contribution >= 4 is 28.9 Å². The smallest absolute Gasteiger partial charge is 0.426 e. The van der Waals surface area contributed by atoms with Crippen LogP contribution in [0.2, 0.25) is 0 Å². The van der Waals surface area contributed by atoms with E-state index in [4.69, 9.17) is 9.84 Å². The molecular formula is C22H18F3NO5S. The number of aliphatic hydroxyl groups is 1. The average Bonchev–Trinajstić information content (AvgIpc) is 3.19. The number of carboxylic acids is 1. The lowest BCUT2D eigenvalue weighted by Gasteiger charge is -2.09. The predicted molar refractivity (Wildman–Crippen MR) is 112 cm³/mol. The number of ether oxygens (including phenoxy) is 1. The quantitative estimate of drug-likeness (QED) is 0.445. The van der Waals surface area contributed by atoms with Crippen LogP contribution in [0.5, 0.6) is 5.75 Å². The highest BCUT2D eigenvalue weighted by Crippen LogP contribution is 2.43. The number of thiophene rings is 1. The highest BCUT2D eigenvalue weighted by molar-refractivity contribution is 7.12. The van der Waals surface area contributed by atoms with Crippen LogP contribution in [0.3, 0.4) is 0 Å². The third kappa shape index (κ3) is 6.08. The number of aliphatic hydroxyl groups excluding tert-OH is 1. The molecule has 3 aromatic rings. The zero-order valence-electron chi connectivity index (χ0n) is 16.4. The van der Waals surface area contributed by atoms with Gasteiger partial charge in [-0.15, -0.1) is 11.3 Å². The Labute approximate surface area is 184 Å². The Morgan fingerprint density at radius 2 is 1.72 bits per heavy atom. The second-order valence-electron chi connectivity index (χ2n) is 6.74. The van der Waals surface area contributed by atoms with E-state index >= 15 is 0 Å². The molecule has 3 rings (SSSR count). The minimum Gasteiger partial charge on any atom is -0.488 e. The van der Waals surface area contributed by atoms with Gasteiger partial charge in [0, 0.05) is 16.1 Å². The molecule has 0 spiro atoms. The Kier molecular flexibility index (Phi) is 7.16. The zero-order chi connectivity index (χ0) is 23.3. The number of carboxylic acid groups (broad SMARTS) is 1. The van der Waals surface area contributed by atoms with E-state index in [2.05, 4.69) is 5.32 Å². The number of hydrogen-bond donors (Lipinski definition) is 3. The zero-order valence-corrected chi connectivity index (χ0v) is 17.2. The minimum atomic E-state index is -4.48. The molecule has 0 fully saturated rings. The van der Waals surface area contributed by atoms with Crippen molar-refractivity contribution < 1.29 is 37.7 Å². The van der Waals surface area contributed by atoms with Gasteiger partial charge in [-0.05, 0) is 35.9 Å². The van der Waals surface area contributed by atoms with Gasteiger partial charge in [0.15, 0.2) is 6.10 Å². The molecule has 3 N–H and O–H groups in total. The fraction of sp³-hybridized carbons (Fsp3) is 0.182. The van der Waals surface area contributed by atoms with Crippen molar-refractivity contribution in [3.8, 4) is 16.9 Å². The summed E-state index contributed by atoms with van der Waals surface area (Å²) in [5.41, 5.74) is 0.917. The predicted octanol–water partition coefficient (Wildman–Crippen LogP) is 4.79. The van der Waals surface area contributed by atoms with Gasteiger partial charge in [0.25, 0.3) is 0 Å². The standard InChI is InChI=1S/C22H18F3NO5S/c23-22(24,25)20-17(13-4-2-1-3-5-13)10-16(32-20)12-31-15-8-6-14(7-9-15)26-19(28)11-18(27)21(29)30/h1-10,18,27H,11-12H2,(H,26,28)(H,29,30)/t18-/m0/s1. The van der Waals surface area contributed by atoms with Gasteiger partial charge in [0.05, 0.1) is 6.42 Å². The molecule has 1 heterocycles. The lowest BCUT2D eigenvalue weighted by atomic mass is 10.1. The molecule has 0 saturated heterocycles. The summed E-state index contributed by atoms with van der Waals surface area (Å²) in [5.74, 6) is -1.81. The Hall–Kier alpha value is -3.37. The van der Waals surface area contributed by atoms with Gasteiger partial charge in [-0.3, -0.25) is 4.79 Å². The summed E-state index contributed by atoms with van der Waals surface area (Å²) in [6.45, 7) is -0.0723. The Morgan fingerprint density at radius 3 is 2.31 bits per heavy atom. The maximum Gasteiger partial charge on any atom is 0.426 e. The molecule has 0 saturated carbocycles. The largest absolute Gasteiger partial charge is 0.488 e. The highest BCUT2D eigenvalue weighted by atomic mass is 32.1. The number of alkyl halides is 3. The summed E-state index contributed by atoms with van der Waals surface area (Å²) in [6, 6.07) is 15.8. The number of amides is 1. The van der Waals surface area contributed by atoms with Crippen molar-refractivity contribution in [1.82, 2.24) is 0 Å². The molecule has 168 valence electrons. The molecule has 32 heavy (non-hydrogen) atoms. The Morgan fingerprint density at radius 1 is 1.06 bits per heavy atom. The number of nitrogens with one attached hydrogen (secondary N) is 1. The average molecular weight is 465 g/mol. The van der Waals surface area contributed by atoms with Crippen LogP contribution in [0, 0.1) is 0 Å². The van der Waals surface area contributed by atoms with Gasteiger partial charge >= 0.3 is 12.1 Å². The minimum absolute atomic E-state index is 0.0723. The number of halogens is 3. The van der Waals surface area contributed by atoms with E-state index in [1.54, 1.807) is 30.3 Å². The van der Waals surface area contributed by atoms with Crippen molar-refractivity contribution in [2.45, 2.75) is 25.3 Å². The second kappa shape index (κ2) is 9.84. The highest BCUT2D eigenvalue weighted by Gasteiger charge is 2.36. The molecule has 0 bridgehead atoms. The van der Waals surface area contributed by atoms with Crippen LogP contribution in [0.25, 0.3) is 11.1 Å². The van der Waals surface area contributed by atoms with Crippen LogP contribution in [-0.4, -0.2) is 28.2 Å². The molecule has 1 aromatic heterocycles. The number of carbonyl (C=O) groups excluding carboxylic acids is 1. The second-order valence-corrected chi connectivity index (χ2v) is 7.88. The van der Waals surface area contributed by atoms with E-state index in [9.17, 15) is 27.9 Å². The maximum absolute atomic E-state index is 13.5. The van der Waals surface area contributed by atoms with Crippen LogP contribution in [-0.2, 0) is 22.4 Å². The van der Waals surface area contributed by atoms with Crippen LogP contribution >= 0.6 is 11.3 Å². The molecule has 6 nitrogen and oxygen atoms in total. The molecule has 1 amide bonds. The van der Waals surface area contributed by atoms with Crippen molar-refractivity contribution in [1.29, 1.82) is 0 Å². The molecule has 0 aliphatic heterocycles. The maximum atomic E-state index is 13.5. The fourth-order valence-electron chi connectivity index (χ4n) is 2.82. The topological polar surface area (TPSA) is 95.9 Å². The van der Waals surface area contributed by atoms with Crippen molar-refractivity contribution in [3.05, 3.63) is 70.4 Å². The van der Waals surface area contributed by atoms with Crippen LogP contribution in [0.15, 0.2) is 60.7 Å². The monoisotopic (exact) mass is 465 g/mol. The van der Waals surface area contributed by atoms with E-state index < -0.39 is 35.5 Å². The summed E-state index contributed by atoms with van der Waals surface area (Å²) < 4.78 is 46.0. The van der Waals surface area contributed by atoms with Gasteiger partial charge in [0.1, 0.15) is 17.2 Å². The van der Waals surface area contributed by atoms with Gasteiger partial charge < -0.3 is 20.3 Å². The van der Waals surface area contributed by atoms with Crippen LogP contribution in [0.1, 0.15) is 16.2 Å². The molecule has 0 aliphatic carbocycles. The molecule has 0 unspecified atom stereocenters. The third-order valence-electron chi connectivity index (χ3n) is 4.31. The lowest BCUT2D eigenvalue weighted by molar-refractivity contribution is -0.148. The van der Waals surface area contributed by atoms with E-state index in [-0.39, 0.29) is 12.2 Å². The molecule has 0 aliphatic rings. The molecule has 1 atom stereocenters. The van der Waals surface area contributed by atoms with Crippen molar-refractivity contribution in [2.75, 3.05) is 5.32 Å². The number of benzene rings is 2. The summed E-state index contributed by atoms with van der Waals surface area (Å²) in [6.07, 6.45) is -6.88. The van der Waals surface area contributed by atoms with E-state index in [0.29, 0.717) is 33.2 Å². The summed E-state index contributed by atoms with van der Waals surface area (Å²) in [5, 5.41) is 20.2. The molecular weight excluding hydrogens is 447 g/mol. The first-order valence-corrected chi connectivity index (χ1v) is 10.1. The first kappa shape index (κ1) is 23.3. The Balaban J connectivity index is 1.65. The first-order valence-electron chi connectivity index (χ1n) is 9.32. The summed E-state index contributed by atoms with van der Waals surface area (Å²) >= 11 is 0.621. The third-order valence-corrected chi connectivity index (χ3v) is 5.46. The first-order chi connectivity index (χ1) is 15.1. The molecule has 2 aromatic carbocycles. The van der Waals surface area contributed by atoms with Gasteiger partial charge in [-0.1, -0.05) is 30.3 Å². The lowest BCUT2D eigenvalue weighted by Crippen LogP contribution is -2.26. The van der Waals surface area contributed by atoms with E-state index in [0.717, 1.165) is 0 Å². The number of anilines is 1. The summed E-state index contributed by atoms with van der Waals surface area (Å²) in [4.78, 5) is 22.0. The van der Waals surface area contributed by atoms with Gasteiger partial charge in [0.2, 0.25) is 5.91 Å². The molecule has 10 heteroatoms. The molecule has 0 radical (unpaired) electrons. The van der Waals surface area contributed by atoms with Crippen LogP contribution < -0.4 is 10.1 Å². The normalized spacial score (nSPS) is 12.2. The van der Waals surface area contributed by atoms with Crippen molar-refractivity contribution in [3.63, 3.8) is 0 Å². The van der Waals surface area contributed by atoms with E-state index in [1.807, 2.05) is 0 Å². The van der Waals surface area contributed by atoms with Gasteiger partial charge in [-0.25, -0.2) is 4.79 Å². The number of aliphatic carboxylic acids is 1. The fourth-order valence-corrected chi connectivity index (χ4v) is 3.78. The number of hydrogen-bond acceptors (Lipinski definition) is 5. The van der Waals surface area contributed by atoms with E-state index in [1.165, 1.54) is 30.3 Å². The summed E-state index contributed by atoms with van der Waals surface area (Å²) in [7, 11) is 0. The van der Waals surface area contributed by atoms with Gasteiger partial charge in [-0.2, -0.15) is 13.2 Å². The SMILES string of the molecule is O=C(C[C@H](O)C(=O)O)Nc1ccc(OCc2cc(-c3ccccc3)c(C(F)(F)F)s2)cc1. The number of rotatable bonds is 8. The van der Waals surface area contributed by atoms with Crippen LogP contribution in [0.4, 0.5) is 18.9 Å². The van der Waals surface area contributed by atoms with Crippen molar-refractivity contribution in [2.24, 2.45) is 0 Å². The Bertz CT molecular complexity index is 1080. The number of carbonyl (C=O) groups is 2.